The number of benzene rings is 1. The van der Waals surface area contributed by atoms with Gasteiger partial charge in [-0.05, 0) is 11.6 Å². The molecule has 0 aliphatic carbocycles. The van der Waals surface area contributed by atoms with Gasteiger partial charge in [0.2, 0.25) is 6.29 Å². The van der Waals surface area contributed by atoms with Gasteiger partial charge in [0.05, 0.1) is 0 Å². The highest BCUT2D eigenvalue weighted by atomic mass is 35.5. The molecule has 21 heavy (non-hydrogen) atoms. The summed E-state index contributed by atoms with van der Waals surface area (Å²) >= 11 is 5.86. The summed E-state index contributed by atoms with van der Waals surface area (Å²) in [4.78, 5) is 43.7. The highest BCUT2D eigenvalue weighted by molar-refractivity contribution is 6.32. The summed E-state index contributed by atoms with van der Waals surface area (Å²) in [6, 6.07) is 2.13. The normalized spacial score (nSPS) is 11.4. The fourth-order valence-electron chi connectivity index (χ4n) is 1.49. The van der Waals surface area contributed by atoms with Gasteiger partial charge in [0.1, 0.15) is 5.92 Å². The van der Waals surface area contributed by atoms with Crippen LogP contribution in [-0.2, 0) is 19.2 Å². The first-order valence-corrected chi connectivity index (χ1v) is 5.94. The van der Waals surface area contributed by atoms with Gasteiger partial charge in [0.25, 0.3) is 0 Å². The van der Waals surface area contributed by atoms with Crippen LogP contribution in [0, 0.1) is 0 Å². The van der Waals surface area contributed by atoms with Crippen molar-refractivity contribution in [2.75, 3.05) is 0 Å². The maximum absolute atomic E-state index is 11.0. The predicted octanol–water partition coefficient (Wildman–Crippen LogP) is 1.47. The second kappa shape index (κ2) is 6.85. The lowest BCUT2D eigenvalue weighted by atomic mass is 10.00. The van der Waals surface area contributed by atoms with Crippen LogP contribution in [0.15, 0.2) is 12.1 Å². The first-order valence-electron chi connectivity index (χ1n) is 5.57. The number of carbonyl (C=O) groups excluding carboxylic acids is 3. The lowest BCUT2D eigenvalue weighted by Gasteiger charge is -2.13. The Hall–Kier alpha value is -2.41. The zero-order chi connectivity index (χ0) is 16.2. The number of aliphatic carboxylic acids is 1. The van der Waals surface area contributed by atoms with Gasteiger partial charge in [-0.2, -0.15) is 0 Å². The summed E-state index contributed by atoms with van der Waals surface area (Å²) in [5.41, 5.74) is -0.133. The molecule has 111 valence electrons. The molecule has 8 heteroatoms. The Morgan fingerprint density at radius 2 is 1.62 bits per heavy atom. The monoisotopic (exact) mass is 313 g/mol. The third-order valence-electron chi connectivity index (χ3n) is 2.25. The van der Waals surface area contributed by atoms with Gasteiger partial charge in [-0.3, -0.25) is 19.2 Å². The first kappa shape index (κ1) is 16.6. The predicted molar refractivity (Wildman–Crippen MR) is 70.1 cm³/mol. The highest BCUT2D eigenvalue weighted by Gasteiger charge is 2.26. The molecule has 1 N–H and O–H groups in total. The Morgan fingerprint density at radius 3 is 2.00 bits per heavy atom. The number of hydrogen-bond acceptors (Lipinski definition) is 6. The highest BCUT2D eigenvalue weighted by Crippen LogP contribution is 2.36. The summed E-state index contributed by atoms with van der Waals surface area (Å²) < 4.78 is 9.63. The molecule has 7 nitrogen and oxygen atoms in total. The van der Waals surface area contributed by atoms with Crippen LogP contribution >= 0.6 is 11.6 Å². The third kappa shape index (κ3) is 4.28. The number of carbonyl (C=O) groups is 3. The number of halogens is 1. The van der Waals surface area contributed by atoms with Crippen molar-refractivity contribution >= 4 is 35.8 Å². The van der Waals surface area contributed by atoms with Crippen LogP contribution in [0.4, 0.5) is 0 Å². The van der Waals surface area contributed by atoms with E-state index in [1.165, 1.54) is 6.29 Å². The maximum Gasteiger partial charge on any atom is 0.319 e. The van der Waals surface area contributed by atoms with Gasteiger partial charge in [-0.25, -0.2) is 0 Å². The quantitative estimate of drug-likeness (QED) is 0.498. The fraction of sp³-hybridized carbons (Fsp3) is 0.231. The molecule has 1 atom stereocenters. The Balaban J connectivity index is 3.41. The summed E-state index contributed by atoms with van der Waals surface area (Å²) in [7, 11) is 0. The van der Waals surface area contributed by atoms with Crippen LogP contribution < -0.4 is 9.47 Å². The smallest absolute Gasteiger partial charge is 0.319 e. The second-order valence-corrected chi connectivity index (χ2v) is 4.30. The van der Waals surface area contributed by atoms with E-state index >= 15 is 0 Å². The zero-order valence-corrected chi connectivity index (χ0v) is 11.8. The van der Waals surface area contributed by atoms with E-state index in [1.807, 2.05) is 0 Å². The Kier molecular flexibility index (Phi) is 5.43. The van der Waals surface area contributed by atoms with Crippen molar-refractivity contribution < 1.29 is 33.8 Å². The van der Waals surface area contributed by atoms with Crippen molar-refractivity contribution in [3.05, 3.63) is 22.7 Å². The summed E-state index contributed by atoms with van der Waals surface area (Å²) in [5, 5.41) is 8.78. The minimum atomic E-state index is -1.65. The molecule has 0 saturated heterocycles. The van der Waals surface area contributed by atoms with E-state index in [-0.39, 0.29) is 22.1 Å². The molecule has 0 aliphatic rings. The van der Waals surface area contributed by atoms with E-state index in [0.29, 0.717) is 0 Å². The van der Waals surface area contributed by atoms with Crippen LogP contribution in [0.25, 0.3) is 0 Å². The topological polar surface area (TPSA) is 107 Å². The average Bonchev–Trinajstić information content (AvgIpc) is 2.33. The van der Waals surface area contributed by atoms with Gasteiger partial charge < -0.3 is 14.6 Å². The maximum atomic E-state index is 11.0. The number of hydrogen-bond donors (Lipinski definition) is 1. The Bertz CT molecular complexity index is 609. The molecule has 0 saturated carbocycles. The van der Waals surface area contributed by atoms with Crippen LogP contribution in [0.3, 0.4) is 0 Å². The number of carboxylic acid groups (broad SMARTS) is 1. The SMILES string of the molecule is CC(=O)Oc1cc(Cl)c(C([C]=O)C(=O)O)cc1OC(C)=O. The molecule has 0 spiro atoms. The van der Waals surface area contributed by atoms with Gasteiger partial charge in [-0.15, -0.1) is 0 Å². The molecule has 1 unspecified atom stereocenters. The van der Waals surface area contributed by atoms with E-state index < -0.39 is 23.8 Å². The molecule has 0 fully saturated rings. The lowest BCUT2D eigenvalue weighted by Crippen LogP contribution is -2.14. The van der Waals surface area contributed by atoms with Crippen LogP contribution in [0.1, 0.15) is 25.3 Å². The van der Waals surface area contributed by atoms with Crippen molar-refractivity contribution in [3.63, 3.8) is 0 Å². The first-order chi connectivity index (χ1) is 9.76. The molecule has 1 rings (SSSR count). The number of carboxylic acids is 1. The molecule has 1 aromatic rings. The molecule has 1 aromatic carbocycles. The minimum Gasteiger partial charge on any atom is -0.480 e. The molecule has 0 bridgehead atoms. The van der Waals surface area contributed by atoms with E-state index in [9.17, 15) is 19.2 Å². The summed E-state index contributed by atoms with van der Waals surface area (Å²) in [6.07, 6.45) is 1.32. The van der Waals surface area contributed by atoms with E-state index in [4.69, 9.17) is 26.2 Å². The van der Waals surface area contributed by atoms with Gasteiger partial charge in [0, 0.05) is 24.9 Å². The van der Waals surface area contributed by atoms with Crippen LogP contribution in [0.5, 0.6) is 11.5 Å². The molecule has 0 heterocycles. The summed E-state index contributed by atoms with van der Waals surface area (Å²) in [6.45, 7) is 2.23. The van der Waals surface area contributed by atoms with Crippen molar-refractivity contribution in [2.45, 2.75) is 19.8 Å². The number of rotatable bonds is 5. The molecular formula is C13H10ClO7. The largest absolute Gasteiger partial charge is 0.480 e. The van der Waals surface area contributed by atoms with E-state index in [2.05, 4.69) is 0 Å². The molecule has 1 radical (unpaired) electrons. The van der Waals surface area contributed by atoms with Gasteiger partial charge in [0.15, 0.2) is 11.5 Å². The zero-order valence-electron chi connectivity index (χ0n) is 11.0. The average molecular weight is 314 g/mol. The third-order valence-corrected chi connectivity index (χ3v) is 2.57. The molecule has 0 aromatic heterocycles. The lowest BCUT2D eigenvalue weighted by molar-refractivity contribution is -0.137. The van der Waals surface area contributed by atoms with Crippen molar-refractivity contribution in [2.24, 2.45) is 0 Å². The molecular weight excluding hydrogens is 304 g/mol. The number of ether oxygens (including phenoxy) is 2. The molecule has 0 amide bonds. The Labute approximate surface area is 124 Å². The van der Waals surface area contributed by atoms with E-state index in [0.717, 1.165) is 26.0 Å². The fourth-order valence-corrected chi connectivity index (χ4v) is 1.75. The van der Waals surface area contributed by atoms with Crippen LogP contribution in [-0.4, -0.2) is 29.3 Å². The summed E-state index contributed by atoms with van der Waals surface area (Å²) in [5.74, 6) is -4.93. The van der Waals surface area contributed by atoms with Crippen molar-refractivity contribution in [1.82, 2.24) is 0 Å². The van der Waals surface area contributed by atoms with Crippen molar-refractivity contribution in [3.8, 4) is 11.5 Å². The van der Waals surface area contributed by atoms with Crippen LogP contribution in [0.2, 0.25) is 5.02 Å². The number of esters is 2. The molecule has 0 aliphatic heterocycles. The Morgan fingerprint density at radius 1 is 1.14 bits per heavy atom. The second-order valence-electron chi connectivity index (χ2n) is 3.90. The van der Waals surface area contributed by atoms with Gasteiger partial charge in [-0.1, -0.05) is 11.6 Å². The van der Waals surface area contributed by atoms with Crippen molar-refractivity contribution in [1.29, 1.82) is 0 Å². The van der Waals surface area contributed by atoms with E-state index in [1.54, 1.807) is 0 Å². The minimum absolute atomic E-state index is 0.133. The van der Waals surface area contributed by atoms with Gasteiger partial charge >= 0.3 is 17.9 Å². The standard InChI is InChI=1S/C13H10ClO7/c1-6(16)20-11-3-8(9(5-15)13(18)19)10(14)4-12(11)21-7(2)17/h3-4,9H,1-2H3,(H,18,19).